The van der Waals surface area contributed by atoms with E-state index in [-0.39, 0.29) is 12.5 Å². The number of carbonyl (C=O) groups is 1. The zero-order chi connectivity index (χ0) is 10.4. The first-order chi connectivity index (χ1) is 6.68. The standard InChI is InChI=1S/C11H20O3/c1-9(7-8-11(12)13)14-10-5-3-2-4-6-10/h9-10H,2-8H2,1H3,(H,12,13). The van der Waals surface area contributed by atoms with Crippen molar-refractivity contribution in [1.29, 1.82) is 0 Å². The van der Waals surface area contributed by atoms with Crippen molar-refractivity contribution >= 4 is 5.97 Å². The lowest BCUT2D eigenvalue weighted by Gasteiger charge is -2.25. The van der Waals surface area contributed by atoms with E-state index in [1.165, 1.54) is 19.3 Å². The molecule has 1 fully saturated rings. The first kappa shape index (κ1) is 11.5. The van der Waals surface area contributed by atoms with Gasteiger partial charge in [0.1, 0.15) is 0 Å². The van der Waals surface area contributed by atoms with Gasteiger partial charge in [-0.2, -0.15) is 0 Å². The van der Waals surface area contributed by atoms with Crippen LogP contribution in [0.3, 0.4) is 0 Å². The maximum absolute atomic E-state index is 10.3. The van der Waals surface area contributed by atoms with Gasteiger partial charge in [0.2, 0.25) is 0 Å². The Bertz CT molecular complexity index is 173. The summed E-state index contributed by atoms with van der Waals surface area (Å²) >= 11 is 0. The summed E-state index contributed by atoms with van der Waals surface area (Å²) in [6, 6.07) is 0. The molecule has 1 rings (SSSR count). The number of hydrogen-bond acceptors (Lipinski definition) is 2. The molecule has 0 saturated heterocycles. The van der Waals surface area contributed by atoms with E-state index in [1.807, 2.05) is 6.92 Å². The molecule has 1 N–H and O–H groups in total. The minimum atomic E-state index is -0.732. The van der Waals surface area contributed by atoms with E-state index >= 15 is 0 Å². The molecule has 1 saturated carbocycles. The van der Waals surface area contributed by atoms with E-state index in [4.69, 9.17) is 9.84 Å². The molecule has 0 aromatic rings. The van der Waals surface area contributed by atoms with Crippen LogP contribution in [0, 0.1) is 0 Å². The molecular weight excluding hydrogens is 180 g/mol. The number of aliphatic carboxylic acids is 1. The van der Waals surface area contributed by atoms with Gasteiger partial charge in [0, 0.05) is 6.42 Å². The highest BCUT2D eigenvalue weighted by atomic mass is 16.5. The Morgan fingerprint density at radius 3 is 2.64 bits per heavy atom. The molecule has 0 radical (unpaired) electrons. The minimum Gasteiger partial charge on any atom is -0.481 e. The van der Waals surface area contributed by atoms with Crippen molar-refractivity contribution in [1.82, 2.24) is 0 Å². The Morgan fingerprint density at radius 2 is 2.07 bits per heavy atom. The molecule has 1 unspecified atom stereocenters. The first-order valence-electron chi connectivity index (χ1n) is 5.55. The van der Waals surface area contributed by atoms with Crippen molar-refractivity contribution in [3.05, 3.63) is 0 Å². The molecule has 14 heavy (non-hydrogen) atoms. The lowest BCUT2D eigenvalue weighted by atomic mass is 9.97. The number of ether oxygens (including phenoxy) is 1. The number of rotatable bonds is 5. The Morgan fingerprint density at radius 1 is 1.43 bits per heavy atom. The Kier molecular flexibility index (Phi) is 4.94. The lowest BCUT2D eigenvalue weighted by Crippen LogP contribution is -2.22. The second-order valence-electron chi connectivity index (χ2n) is 4.14. The average Bonchev–Trinajstić information content (AvgIpc) is 2.16. The van der Waals surface area contributed by atoms with E-state index in [0.717, 1.165) is 12.8 Å². The van der Waals surface area contributed by atoms with Crippen molar-refractivity contribution in [2.75, 3.05) is 0 Å². The van der Waals surface area contributed by atoms with Crippen LogP contribution in [0.15, 0.2) is 0 Å². The predicted molar refractivity (Wildman–Crippen MR) is 54.3 cm³/mol. The monoisotopic (exact) mass is 200 g/mol. The van der Waals surface area contributed by atoms with Crippen LogP contribution < -0.4 is 0 Å². The van der Waals surface area contributed by atoms with Crippen molar-refractivity contribution in [2.45, 2.75) is 64.1 Å². The highest BCUT2D eigenvalue weighted by Gasteiger charge is 2.16. The second kappa shape index (κ2) is 6.02. The molecule has 0 amide bonds. The fourth-order valence-corrected chi connectivity index (χ4v) is 1.92. The molecule has 3 nitrogen and oxygen atoms in total. The van der Waals surface area contributed by atoms with Crippen LogP contribution >= 0.6 is 0 Å². The smallest absolute Gasteiger partial charge is 0.303 e. The second-order valence-corrected chi connectivity index (χ2v) is 4.14. The summed E-state index contributed by atoms with van der Waals surface area (Å²) in [6.07, 6.45) is 7.46. The van der Waals surface area contributed by atoms with Crippen LogP contribution in [0.1, 0.15) is 51.9 Å². The Labute approximate surface area is 85.5 Å². The van der Waals surface area contributed by atoms with Crippen LogP contribution in [-0.2, 0) is 9.53 Å². The van der Waals surface area contributed by atoms with Crippen LogP contribution in [0.2, 0.25) is 0 Å². The van der Waals surface area contributed by atoms with Gasteiger partial charge in [0.05, 0.1) is 12.2 Å². The molecule has 1 aliphatic rings. The zero-order valence-corrected chi connectivity index (χ0v) is 8.87. The summed E-state index contributed by atoms with van der Waals surface area (Å²) in [7, 11) is 0. The largest absolute Gasteiger partial charge is 0.481 e. The van der Waals surface area contributed by atoms with Crippen LogP contribution in [0.4, 0.5) is 0 Å². The van der Waals surface area contributed by atoms with E-state index < -0.39 is 5.97 Å². The van der Waals surface area contributed by atoms with Gasteiger partial charge in [0.25, 0.3) is 0 Å². The minimum absolute atomic E-state index is 0.0919. The van der Waals surface area contributed by atoms with Gasteiger partial charge in [-0.3, -0.25) is 4.79 Å². The van der Waals surface area contributed by atoms with Crippen LogP contribution in [0.25, 0.3) is 0 Å². The van der Waals surface area contributed by atoms with Gasteiger partial charge in [-0.25, -0.2) is 0 Å². The van der Waals surface area contributed by atoms with Gasteiger partial charge in [-0.15, -0.1) is 0 Å². The van der Waals surface area contributed by atoms with E-state index in [9.17, 15) is 4.79 Å². The third-order valence-corrected chi connectivity index (χ3v) is 2.74. The zero-order valence-electron chi connectivity index (χ0n) is 8.87. The molecule has 0 bridgehead atoms. The number of carboxylic acid groups (broad SMARTS) is 1. The fourth-order valence-electron chi connectivity index (χ4n) is 1.92. The molecule has 0 aliphatic heterocycles. The molecule has 0 spiro atoms. The summed E-state index contributed by atoms with van der Waals surface area (Å²) in [5, 5.41) is 8.51. The summed E-state index contributed by atoms with van der Waals surface area (Å²) in [4.78, 5) is 10.3. The molecular formula is C11H20O3. The van der Waals surface area contributed by atoms with Gasteiger partial charge in [0.15, 0.2) is 0 Å². The maximum Gasteiger partial charge on any atom is 0.303 e. The molecule has 0 aromatic heterocycles. The molecule has 1 aliphatic carbocycles. The van der Waals surface area contributed by atoms with Gasteiger partial charge >= 0.3 is 5.97 Å². The quantitative estimate of drug-likeness (QED) is 0.742. The van der Waals surface area contributed by atoms with E-state index in [1.54, 1.807) is 0 Å². The number of hydrogen-bond donors (Lipinski definition) is 1. The maximum atomic E-state index is 10.3. The molecule has 0 heterocycles. The van der Waals surface area contributed by atoms with E-state index in [0.29, 0.717) is 12.5 Å². The average molecular weight is 200 g/mol. The van der Waals surface area contributed by atoms with Crippen molar-refractivity contribution in [2.24, 2.45) is 0 Å². The van der Waals surface area contributed by atoms with Gasteiger partial charge in [-0.1, -0.05) is 19.3 Å². The molecule has 1 atom stereocenters. The lowest BCUT2D eigenvalue weighted by molar-refractivity contribution is -0.138. The third-order valence-electron chi connectivity index (χ3n) is 2.74. The van der Waals surface area contributed by atoms with E-state index in [2.05, 4.69) is 0 Å². The summed E-state index contributed by atoms with van der Waals surface area (Å²) in [5.74, 6) is -0.732. The van der Waals surface area contributed by atoms with Gasteiger partial charge < -0.3 is 9.84 Å². The highest BCUT2D eigenvalue weighted by molar-refractivity contribution is 5.66. The Balaban J connectivity index is 2.11. The summed E-state index contributed by atoms with van der Waals surface area (Å²) < 4.78 is 5.78. The van der Waals surface area contributed by atoms with Crippen LogP contribution in [0.5, 0.6) is 0 Å². The van der Waals surface area contributed by atoms with Crippen molar-refractivity contribution in [3.63, 3.8) is 0 Å². The Hall–Kier alpha value is -0.570. The molecule has 3 heteroatoms. The fraction of sp³-hybridized carbons (Fsp3) is 0.909. The van der Waals surface area contributed by atoms with Crippen molar-refractivity contribution in [3.8, 4) is 0 Å². The molecule has 0 aromatic carbocycles. The summed E-state index contributed by atoms with van der Waals surface area (Å²) in [5.41, 5.74) is 0. The number of carboxylic acids is 1. The molecule has 82 valence electrons. The highest BCUT2D eigenvalue weighted by Crippen LogP contribution is 2.22. The topological polar surface area (TPSA) is 46.5 Å². The summed E-state index contributed by atoms with van der Waals surface area (Å²) in [6.45, 7) is 1.97. The van der Waals surface area contributed by atoms with Crippen molar-refractivity contribution < 1.29 is 14.6 Å². The van der Waals surface area contributed by atoms with Crippen LogP contribution in [-0.4, -0.2) is 23.3 Å². The predicted octanol–water partition coefficient (Wildman–Crippen LogP) is 2.59. The SMILES string of the molecule is CC(CCC(=O)O)OC1CCCCC1. The normalized spacial score (nSPS) is 20.6. The third kappa shape index (κ3) is 4.61. The van der Waals surface area contributed by atoms with Gasteiger partial charge in [-0.05, 0) is 26.2 Å². The first-order valence-corrected chi connectivity index (χ1v) is 5.55.